The Kier molecular flexibility index (Phi) is 4.13. The normalized spacial score (nSPS) is 17.4. The van der Waals surface area contributed by atoms with Gasteiger partial charge in [0.2, 0.25) is 11.0 Å². The van der Waals surface area contributed by atoms with Crippen molar-refractivity contribution in [1.82, 2.24) is 14.2 Å². The molecular formula is C15H14N4O3S2. The largest absolute Gasteiger partial charge is 0.371 e. The lowest BCUT2D eigenvalue weighted by atomic mass is 10.2. The number of carbonyl (C=O) groups excluding carboxylic acids is 1. The molecule has 1 saturated heterocycles. The van der Waals surface area contributed by atoms with Gasteiger partial charge in [0.25, 0.3) is 5.56 Å². The zero-order valence-electron chi connectivity index (χ0n) is 12.6. The van der Waals surface area contributed by atoms with Crippen LogP contribution in [0.15, 0.2) is 29.1 Å². The van der Waals surface area contributed by atoms with E-state index in [1.54, 1.807) is 6.07 Å². The highest BCUT2D eigenvalue weighted by Crippen LogP contribution is 2.31. The smallest absolute Gasteiger partial charge is 0.268 e. The van der Waals surface area contributed by atoms with Gasteiger partial charge in [-0.05, 0) is 25.0 Å². The topological polar surface area (TPSA) is 86.1 Å². The molecule has 0 spiro atoms. The Balaban J connectivity index is 1.46. The molecule has 7 nitrogen and oxygen atoms in total. The van der Waals surface area contributed by atoms with Crippen molar-refractivity contribution in [3.8, 4) is 0 Å². The minimum absolute atomic E-state index is 0.0154. The van der Waals surface area contributed by atoms with Crippen molar-refractivity contribution in [2.45, 2.75) is 25.5 Å². The van der Waals surface area contributed by atoms with E-state index in [0.717, 1.165) is 29.2 Å². The molecule has 24 heavy (non-hydrogen) atoms. The van der Waals surface area contributed by atoms with Crippen LogP contribution in [0.1, 0.15) is 24.0 Å². The van der Waals surface area contributed by atoms with E-state index in [1.165, 1.54) is 26.8 Å². The molecule has 0 radical (unpaired) electrons. The zero-order valence-corrected chi connectivity index (χ0v) is 14.2. The van der Waals surface area contributed by atoms with Crippen LogP contribution >= 0.6 is 22.9 Å². The quantitative estimate of drug-likeness (QED) is 0.770. The maximum atomic E-state index is 12.2. The molecule has 1 amide bonds. The third-order valence-electron chi connectivity index (χ3n) is 3.73. The average Bonchev–Trinajstić information content (AvgIpc) is 3.29. The number of ether oxygens (including phenoxy) is 1. The molecule has 1 aliphatic heterocycles. The van der Waals surface area contributed by atoms with E-state index in [4.69, 9.17) is 4.74 Å². The summed E-state index contributed by atoms with van der Waals surface area (Å²) in [7, 11) is 0. The molecule has 3 heterocycles. The van der Waals surface area contributed by atoms with Crippen LogP contribution in [-0.2, 0) is 16.1 Å². The molecule has 1 N–H and O–H groups in total. The van der Waals surface area contributed by atoms with E-state index < -0.39 is 0 Å². The number of hydrogen-bond acceptors (Lipinski definition) is 7. The van der Waals surface area contributed by atoms with E-state index in [0.29, 0.717) is 10.5 Å². The Labute approximate surface area is 145 Å². The summed E-state index contributed by atoms with van der Waals surface area (Å²) in [6.07, 6.45) is 1.93. The van der Waals surface area contributed by atoms with Crippen LogP contribution < -0.4 is 10.9 Å². The highest BCUT2D eigenvalue weighted by molar-refractivity contribution is 7.15. The first-order chi connectivity index (χ1) is 11.7. The van der Waals surface area contributed by atoms with Crippen LogP contribution in [-0.4, -0.2) is 26.7 Å². The second-order valence-corrected chi connectivity index (χ2v) is 7.50. The van der Waals surface area contributed by atoms with Crippen molar-refractivity contribution in [3.63, 3.8) is 0 Å². The van der Waals surface area contributed by atoms with Gasteiger partial charge in [-0.15, -0.1) is 10.2 Å². The molecule has 3 aromatic rings. The lowest BCUT2D eigenvalue weighted by Gasteiger charge is -2.02. The summed E-state index contributed by atoms with van der Waals surface area (Å²) in [4.78, 5) is 24.4. The summed E-state index contributed by atoms with van der Waals surface area (Å²) in [5, 5.41) is 12.6. The van der Waals surface area contributed by atoms with E-state index in [9.17, 15) is 9.59 Å². The van der Waals surface area contributed by atoms with Crippen molar-refractivity contribution in [3.05, 3.63) is 39.6 Å². The predicted molar refractivity (Wildman–Crippen MR) is 92.6 cm³/mol. The van der Waals surface area contributed by atoms with Crippen molar-refractivity contribution in [2.24, 2.45) is 0 Å². The number of benzene rings is 1. The molecule has 1 aromatic carbocycles. The van der Waals surface area contributed by atoms with Crippen LogP contribution in [0.4, 0.5) is 5.13 Å². The summed E-state index contributed by atoms with van der Waals surface area (Å²) in [5.41, 5.74) is -0.150. The first kappa shape index (κ1) is 15.4. The van der Waals surface area contributed by atoms with E-state index in [-0.39, 0.29) is 24.1 Å². The van der Waals surface area contributed by atoms with Gasteiger partial charge >= 0.3 is 0 Å². The van der Waals surface area contributed by atoms with E-state index >= 15 is 0 Å². The highest BCUT2D eigenvalue weighted by atomic mass is 32.1. The number of nitrogens with one attached hydrogen (secondary N) is 1. The number of hydrogen-bond donors (Lipinski definition) is 1. The highest BCUT2D eigenvalue weighted by Gasteiger charge is 2.22. The zero-order chi connectivity index (χ0) is 16.5. The van der Waals surface area contributed by atoms with Crippen LogP contribution in [0.3, 0.4) is 0 Å². The fourth-order valence-electron chi connectivity index (χ4n) is 2.60. The van der Waals surface area contributed by atoms with Gasteiger partial charge in [0, 0.05) is 6.61 Å². The first-order valence-corrected chi connectivity index (χ1v) is 9.13. The molecule has 2 aromatic heterocycles. The fraction of sp³-hybridized carbons (Fsp3) is 0.333. The van der Waals surface area contributed by atoms with Crippen molar-refractivity contribution in [1.29, 1.82) is 0 Å². The third kappa shape index (κ3) is 2.97. The minimum Gasteiger partial charge on any atom is -0.371 e. The second kappa shape index (κ2) is 6.42. The Hall–Kier alpha value is -2.10. The minimum atomic E-state index is -0.293. The molecular weight excluding hydrogens is 348 g/mol. The molecule has 0 bridgehead atoms. The molecule has 124 valence electrons. The Morgan fingerprint density at radius 1 is 1.38 bits per heavy atom. The summed E-state index contributed by atoms with van der Waals surface area (Å²) in [6, 6.07) is 7.32. The number of carbonyl (C=O) groups is 1. The van der Waals surface area contributed by atoms with Crippen LogP contribution in [0.5, 0.6) is 0 Å². The second-order valence-electron chi connectivity index (χ2n) is 5.42. The van der Waals surface area contributed by atoms with Crippen LogP contribution in [0, 0.1) is 0 Å². The van der Waals surface area contributed by atoms with Gasteiger partial charge in [-0.1, -0.05) is 35.0 Å². The molecule has 4 rings (SSSR count). The summed E-state index contributed by atoms with van der Waals surface area (Å²) in [6.45, 7) is 0.702. The lowest BCUT2D eigenvalue weighted by Crippen LogP contribution is -2.23. The predicted octanol–water partition coefficient (Wildman–Crippen LogP) is 2.40. The van der Waals surface area contributed by atoms with Crippen LogP contribution in [0.25, 0.3) is 10.1 Å². The summed E-state index contributed by atoms with van der Waals surface area (Å²) in [5.74, 6) is -0.293. The number of nitrogens with zero attached hydrogens (tertiary/aromatic N) is 3. The van der Waals surface area contributed by atoms with Gasteiger partial charge < -0.3 is 4.74 Å². The Morgan fingerprint density at radius 3 is 3.04 bits per heavy atom. The Bertz CT molecular complexity index is 939. The molecule has 1 fully saturated rings. The van der Waals surface area contributed by atoms with Crippen molar-refractivity contribution >= 4 is 44.0 Å². The molecule has 1 aliphatic rings. The van der Waals surface area contributed by atoms with Gasteiger partial charge in [0.05, 0.1) is 10.1 Å². The van der Waals surface area contributed by atoms with E-state index in [2.05, 4.69) is 15.5 Å². The summed E-state index contributed by atoms with van der Waals surface area (Å²) < 4.78 is 7.87. The molecule has 0 unspecified atom stereocenters. The number of anilines is 1. The standard InChI is InChI=1S/C15H14N4O3S2/c20-12(8-19-14(21)9-4-1-2-6-11(9)24-19)16-15-18-17-13(23-15)10-5-3-7-22-10/h1-2,4,6,10H,3,5,7-8H2,(H,16,18,20)/t10-/m1/s1. The number of aromatic nitrogens is 3. The van der Waals surface area contributed by atoms with Crippen molar-refractivity contribution < 1.29 is 9.53 Å². The van der Waals surface area contributed by atoms with Gasteiger partial charge in [0.15, 0.2) is 0 Å². The van der Waals surface area contributed by atoms with Crippen LogP contribution in [0.2, 0.25) is 0 Å². The van der Waals surface area contributed by atoms with Gasteiger partial charge in [-0.25, -0.2) is 0 Å². The molecule has 0 aliphatic carbocycles. The summed E-state index contributed by atoms with van der Waals surface area (Å²) >= 11 is 2.59. The number of amides is 1. The SMILES string of the molecule is O=C(Cn1sc2ccccc2c1=O)Nc1nnc([C@H]2CCCO2)s1. The third-order valence-corrected chi connectivity index (χ3v) is 5.73. The Morgan fingerprint density at radius 2 is 2.25 bits per heavy atom. The maximum absolute atomic E-state index is 12.2. The fourth-order valence-corrected chi connectivity index (χ4v) is 4.44. The molecule has 0 saturated carbocycles. The monoisotopic (exact) mass is 362 g/mol. The van der Waals surface area contributed by atoms with Gasteiger partial charge in [0.1, 0.15) is 17.7 Å². The molecule has 9 heteroatoms. The first-order valence-electron chi connectivity index (χ1n) is 7.54. The number of fused-ring (bicyclic) bond motifs is 1. The molecule has 1 atom stereocenters. The van der Waals surface area contributed by atoms with Gasteiger partial charge in [-0.3, -0.25) is 18.9 Å². The lowest BCUT2D eigenvalue weighted by molar-refractivity contribution is -0.116. The van der Waals surface area contributed by atoms with E-state index in [1.807, 2.05) is 18.2 Å². The van der Waals surface area contributed by atoms with Crippen molar-refractivity contribution in [2.75, 3.05) is 11.9 Å². The maximum Gasteiger partial charge on any atom is 0.268 e. The average molecular weight is 362 g/mol. The van der Waals surface area contributed by atoms with Gasteiger partial charge in [-0.2, -0.15) is 0 Å². The number of rotatable bonds is 4.